The lowest BCUT2D eigenvalue weighted by molar-refractivity contribution is -0.122. The number of rotatable bonds is 5. The molecule has 26 heavy (non-hydrogen) atoms. The summed E-state index contributed by atoms with van der Waals surface area (Å²) >= 11 is 0. The number of ketones is 1. The second kappa shape index (κ2) is 8.04. The van der Waals surface area contributed by atoms with Gasteiger partial charge >= 0.3 is 0 Å². The van der Waals surface area contributed by atoms with Gasteiger partial charge in [-0.15, -0.1) is 0 Å². The minimum atomic E-state index is -0.122. The average Bonchev–Trinajstić information content (AvgIpc) is 2.85. The third-order valence-corrected chi connectivity index (χ3v) is 5.95. The Morgan fingerprint density at radius 3 is 2.54 bits per heavy atom. The third-order valence-electron chi connectivity index (χ3n) is 5.95. The number of fused-ring (bicyclic) bond motifs is 1. The molecule has 0 aromatic heterocycles. The second-order valence-corrected chi connectivity index (χ2v) is 8.85. The van der Waals surface area contributed by atoms with Crippen LogP contribution in [0, 0.1) is 12.8 Å². The molecule has 0 saturated heterocycles. The summed E-state index contributed by atoms with van der Waals surface area (Å²) < 4.78 is 0. The lowest BCUT2D eigenvalue weighted by Gasteiger charge is -2.30. The van der Waals surface area contributed by atoms with Crippen molar-refractivity contribution >= 4 is 11.5 Å². The normalized spacial score (nSPS) is 20.2. The van der Waals surface area contributed by atoms with Gasteiger partial charge in [0.1, 0.15) is 5.78 Å². The molecule has 1 fully saturated rings. The molecule has 0 spiro atoms. The predicted molar refractivity (Wildman–Crippen MR) is 109 cm³/mol. The molecule has 3 heteroatoms. The zero-order chi connectivity index (χ0) is 18.7. The minimum Gasteiger partial charge on any atom is -0.316 e. The number of carbonyl (C=O) groups is 1. The van der Waals surface area contributed by atoms with E-state index < -0.39 is 0 Å². The Balaban J connectivity index is 1.89. The van der Waals surface area contributed by atoms with Crippen molar-refractivity contribution in [3.8, 4) is 0 Å². The van der Waals surface area contributed by atoms with Crippen LogP contribution >= 0.6 is 0 Å². The lowest BCUT2D eigenvalue weighted by Crippen LogP contribution is -2.31. The summed E-state index contributed by atoms with van der Waals surface area (Å²) in [7, 11) is 1.98. The first-order valence-electron chi connectivity index (χ1n) is 10.3. The van der Waals surface area contributed by atoms with Crippen molar-refractivity contribution in [2.45, 2.75) is 84.2 Å². The monoisotopic (exact) mass is 354 g/mol. The van der Waals surface area contributed by atoms with Gasteiger partial charge in [-0.1, -0.05) is 31.7 Å². The first-order chi connectivity index (χ1) is 12.4. The number of hydrogen-bond donors (Lipinski definition) is 1. The molecular formula is C23H34N2O. The van der Waals surface area contributed by atoms with Gasteiger partial charge in [-0.2, -0.15) is 0 Å². The lowest BCUT2D eigenvalue weighted by atomic mass is 9.82. The number of hydrogen-bond acceptors (Lipinski definition) is 3. The second-order valence-electron chi connectivity index (χ2n) is 8.85. The highest BCUT2D eigenvalue weighted by Gasteiger charge is 2.30. The van der Waals surface area contributed by atoms with Gasteiger partial charge in [0, 0.05) is 18.9 Å². The maximum absolute atomic E-state index is 13.0. The average molecular weight is 355 g/mol. The van der Waals surface area contributed by atoms with Crippen LogP contribution in [0.5, 0.6) is 0 Å². The first-order valence-corrected chi connectivity index (χ1v) is 10.3. The zero-order valence-corrected chi connectivity index (χ0v) is 17.0. The molecule has 1 aliphatic carbocycles. The topological polar surface area (TPSA) is 41.5 Å². The Labute approximate surface area is 158 Å². The van der Waals surface area contributed by atoms with E-state index in [1.807, 2.05) is 7.05 Å². The highest BCUT2D eigenvalue weighted by Crippen LogP contribution is 2.32. The Hall–Kier alpha value is -1.48. The quantitative estimate of drug-likeness (QED) is 0.774. The molecule has 1 aliphatic heterocycles. The summed E-state index contributed by atoms with van der Waals surface area (Å²) in [5.41, 5.74) is 6.09. The molecule has 1 saturated carbocycles. The van der Waals surface area contributed by atoms with Crippen molar-refractivity contribution < 1.29 is 4.79 Å². The van der Waals surface area contributed by atoms with Gasteiger partial charge in [0.25, 0.3) is 0 Å². The zero-order valence-electron chi connectivity index (χ0n) is 17.0. The minimum absolute atomic E-state index is 0.122. The van der Waals surface area contributed by atoms with Crippen LogP contribution in [-0.2, 0) is 17.8 Å². The van der Waals surface area contributed by atoms with E-state index in [4.69, 9.17) is 4.99 Å². The van der Waals surface area contributed by atoms with E-state index in [1.54, 1.807) is 0 Å². The van der Waals surface area contributed by atoms with Crippen LogP contribution in [0.25, 0.3) is 0 Å². The summed E-state index contributed by atoms with van der Waals surface area (Å²) in [6.45, 7) is 7.40. The van der Waals surface area contributed by atoms with E-state index >= 15 is 0 Å². The van der Waals surface area contributed by atoms with E-state index in [0.717, 1.165) is 31.5 Å². The van der Waals surface area contributed by atoms with Crippen LogP contribution < -0.4 is 5.32 Å². The van der Waals surface area contributed by atoms with Gasteiger partial charge in [0.05, 0.1) is 11.3 Å². The molecule has 0 bridgehead atoms. The molecule has 1 aromatic carbocycles. The molecule has 3 rings (SSSR count). The van der Waals surface area contributed by atoms with E-state index in [1.165, 1.54) is 47.9 Å². The van der Waals surface area contributed by atoms with Crippen LogP contribution in [0.3, 0.4) is 0 Å². The van der Waals surface area contributed by atoms with Crippen LogP contribution in [0.2, 0.25) is 0 Å². The van der Waals surface area contributed by atoms with Crippen molar-refractivity contribution in [3.05, 3.63) is 34.4 Å². The summed E-state index contributed by atoms with van der Waals surface area (Å²) in [4.78, 5) is 18.0. The molecule has 2 aliphatic rings. The largest absolute Gasteiger partial charge is 0.316 e. The van der Waals surface area contributed by atoms with E-state index in [2.05, 4.69) is 38.2 Å². The molecule has 0 amide bonds. The summed E-state index contributed by atoms with van der Waals surface area (Å²) in [5, 5.41) is 3.26. The van der Waals surface area contributed by atoms with Crippen LogP contribution in [0.4, 0.5) is 0 Å². The first kappa shape index (κ1) is 19.3. The molecule has 142 valence electrons. The van der Waals surface area contributed by atoms with Crippen molar-refractivity contribution in [2.75, 3.05) is 7.05 Å². The standard InChI is InChI=1S/C23H34N2O/c1-16-11-18-14-23(2,3)25-21(20(18)12-19(16)15-24-4)13-22(26)17-9-7-5-6-8-10-17/h11-12,17,24H,5-10,13-15H2,1-4H3. The van der Waals surface area contributed by atoms with Crippen LogP contribution in [0.15, 0.2) is 17.1 Å². The molecule has 0 atom stereocenters. The van der Waals surface area contributed by atoms with Gasteiger partial charge < -0.3 is 5.32 Å². The Bertz CT molecular complexity index is 694. The highest BCUT2D eigenvalue weighted by molar-refractivity contribution is 6.13. The number of aryl methyl sites for hydroxylation is 1. The van der Waals surface area contributed by atoms with Gasteiger partial charge in [-0.05, 0) is 75.4 Å². The number of nitrogens with one attached hydrogen (secondary N) is 1. The van der Waals surface area contributed by atoms with Crippen molar-refractivity contribution in [3.63, 3.8) is 0 Å². The maximum atomic E-state index is 13.0. The van der Waals surface area contributed by atoms with Crippen molar-refractivity contribution in [2.24, 2.45) is 10.9 Å². The van der Waals surface area contributed by atoms with Gasteiger partial charge in [-0.25, -0.2) is 0 Å². The van der Waals surface area contributed by atoms with Crippen LogP contribution in [0.1, 0.15) is 81.0 Å². The van der Waals surface area contributed by atoms with E-state index in [9.17, 15) is 4.79 Å². The van der Waals surface area contributed by atoms with Crippen molar-refractivity contribution in [1.82, 2.24) is 5.32 Å². The Kier molecular flexibility index (Phi) is 5.96. The van der Waals surface area contributed by atoms with Crippen molar-refractivity contribution in [1.29, 1.82) is 0 Å². The van der Waals surface area contributed by atoms with E-state index in [0.29, 0.717) is 12.2 Å². The molecule has 1 N–H and O–H groups in total. The molecule has 1 aromatic rings. The summed E-state index contributed by atoms with van der Waals surface area (Å²) in [5.74, 6) is 0.654. The summed E-state index contributed by atoms with van der Waals surface area (Å²) in [6, 6.07) is 4.59. The number of Topliss-reactive ketones (excluding diaryl/α,β-unsaturated/α-hetero) is 1. The highest BCUT2D eigenvalue weighted by atomic mass is 16.1. The Morgan fingerprint density at radius 2 is 1.88 bits per heavy atom. The molecular weight excluding hydrogens is 320 g/mol. The smallest absolute Gasteiger partial charge is 0.141 e. The SMILES string of the molecule is CNCc1cc2c(cc1C)CC(C)(C)N=C2CC(=O)C1CCCCCC1. The number of carbonyl (C=O) groups excluding carboxylic acids is 1. The van der Waals surface area contributed by atoms with Gasteiger partial charge in [0.15, 0.2) is 0 Å². The predicted octanol–water partition coefficient (Wildman–Crippen LogP) is 4.77. The van der Waals surface area contributed by atoms with Gasteiger partial charge in [0.2, 0.25) is 0 Å². The number of aliphatic imine (C=N–C) groups is 1. The Morgan fingerprint density at radius 1 is 1.19 bits per heavy atom. The number of nitrogens with zero attached hydrogens (tertiary/aromatic N) is 1. The molecule has 1 heterocycles. The third kappa shape index (κ3) is 4.43. The van der Waals surface area contributed by atoms with Crippen LogP contribution in [-0.4, -0.2) is 24.1 Å². The fourth-order valence-corrected chi connectivity index (χ4v) is 4.58. The van der Waals surface area contributed by atoms with Gasteiger partial charge in [-0.3, -0.25) is 9.79 Å². The summed E-state index contributed by atoms with van der Waals surface area (Å²) in [6.07, 6.45) is 8.57. The van der Waals surface area contributed by atoms with E-state index in [-0.39, 0.29) is 11.5 Å². The molecule has 0 unspecified atom stereocenters. The fourth-order valence-electron chi connectivity index (χ4n) is 4.58. The number of benzene rings is 1. The molecule has 0 radical (unpaired) electrons. The maximum Gasteiger partial charge on any atom is 0.141 e. The fraction of sp³-hybridized carbons (Fsp3) is 0.652. The molecule has 3 nitrogen and oxygen atoms in total.